The second-order valence-electron chi connectivity index (χ2n) is 8.16. The van der Waals surface area contributed by atoms with Gasteiger partial charge in [0.15, 0.2) is 0 Å². The molecule has 0 unspecified atom stereocenters. The number of H-pyrrole nitrogens is 1. The van der Waals surface area contributed by atoms with E-state index in [9.17, 15) is 9.59 Å². The molecule has 2 saturated heterocycles. The zero-order valence-corrected chi connectivity index (χ0v) is 17.9. The summed E-state index contributed by atoms with van der Waals surface area (Å²) in [6.45, 7) is 4.27. The average molecular weight is 423 g/mol. The van der Waals surface area contributed by atoms with E-state index in [1.807, 2.05) is 31.3 Å². The molecule has 0 saturated carbocycles. The number of nitrogens with zero attached hydrogens (tertiary/aromatic N) is 3. The highest BCUT2D eigenvalue weighted by atomic mass is 16.2. The molecule has 164 valence electrons. The molecule has 3 N–H and O–H groups in total. The number of rotatable bonds is 7. The summed E-state index contributed by atoms with van der Waals surface area (Å²) in [6, 6.07) is 5.74. The molecule has 0 aromatic carbocycles. The van der Waals surface area contributed by atoms with E-state index in [4.69, 9.17) is 0 Å². The standard InChI is InChI=1S/C23H30N6O2/c1-24-21-13-17(7-8-25-21)18-12-20(23(31)26-14-18)27-19-15-29(16-19)22(30)6-5-11-28-9-3-2-4-10-28/h5-8,12-14,19,27H,2-4,9-11,15-16H2,1H3,(H,24,25)(H,26,31). The summed E-state index contributed by atoms with van der Waals surface area (Å²) >= 11 is 0. The van der Waals surface area contributed by atoms with Gasteiger partial charge in [-0.05, 0) is 49.7 Å². The predicted octanol–water partition coefficient (Wildman–Crippen LogP) is 2.14. The maximum Gasteiger partial charge on any atom is 0.271 e. The van der Waals surface area contributed by atoms with Crippen LogP contribution in [0, 0.1) is 0 Å². The molecule has 0 atom stereocenters. The van der Waals surface area contributed by atoms with Crippen molar-refractivity contribution in [2.24, 2.45) is 0 Å². The van der Waals surface area contributed by atoms with Crippen LogP contribution in [-0.2, 0) is 4.79 Å². The third kappa shape index (κ3) is 5.32. The topological polar surface area (TPSA) is 93.4 Å². The van der Waals surface area contributed by atoms with E-state index in [0.29, 0.717) is 18.8 Å². The number of hydrogen-bond donors (Lipinski definition) is 3. The van der Waals surface area contributed by atoms with Gasteiger partial charge >= 0.3 is 0 Å². The van der Waals surface area contributed by atoms with Gasteiger partial charge in [0.1, 0.15) is 11.5 Å². The zero-order valence-electron chi connectivity index (χ0n) is 17.9. The van der Waals surface area contributed by atoms with Gasteiger partial charge in [0.25, 0.3) is 5.56 Å². The Hall–Kier alpha value is -3.13. The van der Waals surface area contributed by atoms with Crippen molar-refractivity contribution in [1.82, 2.24) is 19.8 Å². The molecule has 0 radical (unpaired) electrons. The first kappa shape index (κ1) is 21.1. The smallest absolute Gasteiger partial charge is 0.271 e. The minimum Gasteiger partial charge on any atom is -0.374 e. The summed E-state index contributed by atoms with van der Waals surface area (Å²) in [5, 5.41) is 6.29. The van der Waals surface area contributed by atoms with Crippen molar-refractivity contribution in [3.63, 3.8) is 0 Å². The minimum atomic E-state index is -0.169. The van der Waals surface area contributed by atoms with E-state index in [0.717, 1.165) is 36.6 Å². The van der Waals surface area contributed by atoms with Crippen molar-refractivity contribution in [3.05, 3.63) is 53.1 Å². The molecular weight excluding hydrogens is 392 g/mol. The van der Waals surface area contributed by atoms with Gasteiger partial charge in [-0.3, -0.25) is 14.5 Å². The van der Waals surface area contributed by atoms with Gasteiger partial charge in [0.2, 0.25) is 5.91 Å². The largest absolute Gasteiger partial charge is 0.374 e. The van der Waals surface area contributed by atoms with E-state index in [-0.39, 0.29) is 17.5 Å². The van der Waals surface area contributed by atoms with Crippen molar-refractivity contribution in [3.8, 4) is 11.1 Å². The van der Waals surface area contributed by atoms with E-state index in [1.165, 1.54) is 19.3 Å². The summed E-state index contributed by atoms with van der Waals surface area (Å²) in [4.78, 5) is 35.8. The first-order chi connectivity index (χ1) is 15.1. The first-order valence-corrected chi connectivity index (χ1v) is 10.9. The maximum absolute atomic E-state index is 12.3. The fraction of sp³-hybridized carbons (Fsp3) is 0.435. The molecule has 0 aliphatic carbocycles. The molecule has 31 heavy (non-hydrogen) atoms. The van der Waals surface area contributed by atoms with Crippen molar-refractivity contribution in [1.29, 1.82) is 0 Å². The summed E-state index contributed by atoms with van der Waals surface area (Å²) < 4.78 is 0. The van der Waals surface area contributed by atoms with E-state index < -0.39 is 0 Å². The molecule has 2 aliphatic heterocycles. The van der Waals surface area contributed by atoms with Crippen LogP contribution in [0.1, 0.15) is 19.3 Å². The lowest BCUT2D eigenvalue weighted by atomic mass is 10.1. The first-order valence-electron chi connectivity index (χ1n) is 10.9. The Balaban J connectivity index is 1.30. The molecule has 8 heteroatoms. The Bertz CT molecular complexity index is 990. The van der Waals surface area contributed by atoms with Gasteiger partial charge in [-0.1, -0.05) is 12.5 Å². The number of carbonyl (C=O) groups excluding carboxylic acids is 1. The third-order valence-corrected chi connectivity index (χ3v) is 5.88. The Morgan fingerprint density at radius 1 is 1.23 bits per heavy atom. The van der Waals surface area contributed by atoms with Crippen LogP contribution in [0.5, 0.6) is 0 Å². The Morgan fingerprint density at radius 3 is 2.81 bits per heavy atom. The van der Waals surface area contributed by atoms with Crippen LogP contribution in [-0.4, -0.2) is 71.5 Å². The van der Waals surface area contributed by atoms with Crippen LogP contribution in [0.2, 0.25) is 0 Å². The Kier molecular flexibility index (Phi) is 6.66. The van der Waals surface area contributed by atoms with E-state index in [1.54, 1.807) is 23.4 Å². The van der Waals surface area contributed by atoms with E-state index >= 15 is 0 Å². The van der Waals surface area contributed by atoms with E-state index in [2.05, 4.69) is 25.5 Å². The summed E-state index contributed by atoms with van der Waals surface area (Å²) in [5.41, 5.74) is 2.20. The lowest BCUT2D eigenvalue weighted by Gasteiger charge is -2.39. The molecule has 2 aromatic heterocycles. The van der Waals surface area contributed by atoms with Gasteiger partial charge in [0.05, 0.1) is 6.04 Å². The van der Waals surface area contributed by atoms with Crippen LogP contribution < -0.4 is 16.2 Å². The number of aromatic nitrogens is 2. The SMILES string of the molecule is CNc1cc(-c2c[nH]c(=O)c(NC3CN(C(=O)C=CCN4CCCCC4)C3)c2)ccn1. The fourth-order valence-corrected chi connectivity index (χ4v) is 4.02. The van der Waals surface area contributed by atoms with Crippen LogP contribution in [0.25, 0.3) is 11.1 Å². The highest BCUT2D eigenvalue weighted by molar-refractivity contribution is 5.88. The zero-order chi connectivity index (χ0) is 21.6. The number of nitrogens with one attached hydrogen (secondary N) is 3. The summed E-state index contributed by atoms with van der Waals surface area (Å²) in [7, 11) is 1.82. The van der Waals surface area contributed by atoms with Crippen LogP contribution in [0.3, 0.4) is 0 Å². The Morgan fingerprint density at radius 2 is 2.03 bits per heavy atom. The summed E-state index contributed by atoms with van der Waals surface area (Å²) in [5.74, 6) is 0.800. The summed E-state index contributed by atoms with van der Waals surface area (Å²) in [6.07, 6.45) is 10.9. The second kappa shape index (κ2) is 9.78. The molecular formula is C23H30N6O2. The molecule has 2 aliphatic rings. The Labute approximate surface area is 182 Å². The van der Waals surface area contributed by atoms with Gasteiger partial charge < -0.3 is 20.5 Å². The predicted molar refractivity (Wildman–Crippen MR) is 123 cm³/mol. The number of pyridine rings is 2. The number of likely N-dealkylation sites (tertiary alicyclic amines) is 2. The highest BCUT2D eigenvalue weighted by Crippen LogP contribution is 2.22. The van der Waals surface area contributed by atoms with Crippen LogP contribution in [0.15, 0.2) is 47.5 Å². The van der Waals surface area contributed by atoms with Crippen molar-refractivity contribution in [2.75, 3.05) is 50.4 Å². The van der Waals surface area contributed by atoms with Crippen LogP contribution in [0.4, 0.5) is 11.5 Å². The number of hydrogen-bond acceptors (Lipinski definition) is 6. The lowest BCUT2D eigenvalue weighted by Crippen LogP contribution is -2.57. The molecule has 1 amide bonds. The number of aromatic amines is 1. The normalized spacial score (nSPS) is 17.5. The molecule has 4 heterocycles. The molecule has 2 aromatic rings. The van der Waals surface area contributed by atoms with Crippen molar-refractivity contribution in [2.45, 2.75) is 25.3 Å². The maximum atomic E-state index is 12.3. The fourth-order valence-electron chi connectivity index (χ4n) is 4.02. The highest BCUT2D eigenvalue weighted by Gasteiger charge is 2.29. The number of carbonyl (C=O) groups is 1. The van der Waals surface area contributed by atoms with Crippen molar-refractivity contribution >= 4 is 17.4 Å². The molecule has 0 spiro atoms. The average Bonchev–Trinajstić information content (AvgIpc) is 2.77. The number of piperidine rings is 1. The number of anilines is 2. The monoisotopic (exact) mass is 422 g/mol. The quantitative estimate of drug-likeness (QED) is 0.592. The second-order valence-corrected chi connectivity index (χ2v) is 8.16. The minimum absolute atomic E-state index is 0.0362. The number of amides is 1. The van der Waals surface area contributed by atoms with Crippen molar-refractivity contribution < 1.29 is 4.79 Å². The molecule has 4 rings (SSSR count). The molecule has 2 fully saturated rings. The van der Waals surface area contributed by atoms with Gasteiger partial charge in [0, 0.05) is 50.7 Å². The lowest BCUT2D eigenvalue weighted by molar-refractivity contribution is -0.129. The third-order valence-electron chi connectivity index (χ3n) is 5.88. The van der Waals surface area contributed by atoms with Crippen LogP contribution >= 0.6 is 0 Å². The molecule has 8 nitrogen and oxygen atoms in total. The molecule has 0 bridgehead atoms. The van der Waals surface area contributed by atoms with Gasteiger partial charge in [-0.15, -0.1) is 0 Å². The van der Waals surface area contributed by atoms with Gasteiger partial charge in [-0.2, -0.15) is 0 Å². The van der Waals surface area contributed by atoms with Gasteiger partial charge in [-0.25, -0.2) is 4.98 Å².